The minimum Gasteiger partial charge on any atom is -1.00 e. The lowest BCUT2D eigenvalue weighted by Gasteiger charge is -2.38. The summed E-state index contributed by atoms with van der Waals surface area (Å²) in [6.07, 6.45) is 1.91. The van der Waals surface area contributed by atoms with E-state index in [2.05, 4.69) is 19.2 Å². The molecule has 0 amide bonds. The van der Waals surface area contributed by atoms with Gasteiger partial charge in [0, 0.05) is 29.5 Å². The van der Waals surface area contributed by atoms with Crippen molar-refractivity contribution in [3.8, 4) is 39.9 Å². The van der Waals surface area contributed by atoms with Crippen molar-refractivity contribution in [1.29, 1.82) is 0 Å². The van der Waals surface area contributed by atoms with Gasteiger partial charge in [0.15, 0.2) is 23.0 Å². The lowest BCUT2D eigenvalue weighted by Crippen LogP contribution is -3.10. The van der Waals surface area contributed by atoms with E-state index in [9.17, 15) is 0 Å². The minimum atomic E-state index is 0. The fourth-order valence-electron chi connectivity index (χ4n) is 4.84. The highest BCUT2D eigenvalue weighted by molar-refractivity contribution is 5.87. The van der Waals surface area contributed by atoms with Crippen LogP contribution in [0.15, 0.2) is 12.1 Å². The van der Waals surface area contributed by atoms with Crippen LogP contribution in [0.25, 0.3) is 11.1 Å². The zero-order chi connectivity index (χ0) is 18.7. The van der Waals surface area contributed by atoms with Gasteiger partial charge in [0.05, 0.1) is 34.9 Å². The molecular weight excluding hydrogens is 382 g/mol. The molecule has 2 aromatic carbocycles. The van der Waals surface area contributed by atoms with Gasteiger partial charge >= 0.3 is 0 Å². The second-order valence-corrected chi connectivity index (χ2v) is 7.33. The van der Waals surface area contributed by atoms with Crippen molar-refractivity contribution in [2.75, 3.05) is 41.7 Å². The summed E-state index contributed by atoms with van der Waals surface area (Å²) in [5, 5.41) is 0. The Morgan fingerprint density at radius 3 is 2.43 bits per heavy atom. The summed E-state index contributed by atoms with van der Waals surface area (Å²) in [6.45, 7) is 1.29. The SMILES string of the molecule is COc1cc2c(cc1OC)-c1c3c(c(OC)c4c1C(C2)[NH+](C)CC4)OCO3.[Cl-]. The second-order valence-electron chi connectivity index (χ2n) is 7.33. The maximum Gasteiger partial charge on any atom is 0.231 e. The van der Waals surface area contributed by atoms with Crippen molar-refractivity contribution in [1.82, 2.24) is 0 Å². The fraction of sp³-hybridized carbons (Fsp3) is 0.429. The number of halogens is 1. The number of rotatable bonds is 3. The van der Waals surface area contributed by atoms with Crippen LogP contribution in [-0.2, 0) is 12.8 Å². The number of nitrogens with one attached hydrogen (secondary N) is 1. The highest BCUT2D eigenvalue weighted by Crippen LogP contribution is 2.57. The van der Waals surface area contributed by atoms with E-state index >= 15 is 0 Å². The van der Waals surface area contributed by atoms with Gasteiger partial charge in [0.1, 0.15) is 6.04 Å². The van der Waals surface area contributed by atoms with Gasteiger partial charge in [-0.2, -0.15) is 0 Å². The number of hydrogen-bond acceptors (Lipinski definition) is 5. The van der Waals surface area contributed by atoms with E-state index in [1.165, 1.54) is 21.6 Å². The molecule has 0 radical (unpaired) electrons. The van der Waals surface area contributed by atoms with Crippen LogP contribution in [0.1, 0.15) is 22.7 Å². The minimum absolute atomic E-state index is 0. The Kier molecular flexibility index (Phi) is 4.71. The summed E-state index contributed by atoms with van der Waals surface area (Å²) in [5.41, 5.74) is 6.11. The van der Waals surface area contributed by atoms with Gasteiger partial charge in [-0.25, -0.2) is 0 Å². The summed E-state index contributed by atoms with van der Waals surface area (Å²) in [7, 11) is 7.32. The van der Waals surface area contributed by atoms with E-state index in [4.69, 9.17) is 23.7 Å². The number of benzene rings is 2. The van der Waals surface area contributed by atoms with Crippen LogP contribution >= 0.6 is 0 Å². The zero-order valence-corrected chi connectivity index (χ0v) is 17.2. The van der Waals surface area contributed by atoms with E-state index in [1.54, 1.807) is 21.3 Å². The summed E-state index contributed by atoms with van der Waals surface area (Å²) in [6, 6.07) is 4.53. The molecule has 0 bridgehead atoms. The molecule has 0 spiro atoms. The molecule has 2 atom stereocenters. The topological polar surface area (TPSA) is 50.6 Å². The van der Waals surface area contributed by atoms with Crippen LogP contribution in [0.5, 0.6) is 28.7 Å². The molecule has 0 saturated carbocycles. The Morgan fingerprint density at radius 1 is 1.00 bits per heavy atom. The third-order valence-electron chi connectivity index (χ3n) is 6.13. The van der Waals surface area contributed by atoms with Crippen molar-refractivity contribution in [3.05, 3.63) is 28.8 Å². The van der Waals surface area contributed by atoms with Crippen LogP contribution in [0.3, 0.4) is 0 Å². The van der Waals surface area contributed by atoms with Crippen molar-refractivity contribution in [2.24, 2.45) is 0 Å². The Balaban J connectivity index is 0.00000192. The predicted octanol–water partition coefficient (Wildman–Crippen LogP) is -1.22. The Bertz CT molecular complexity index is 945. The van der Waals surface area contributed by atoms with Gasteiger partial charge in [-0.3, -0.25) is 0 Å². The molecule has 1 aliphatic carbocycles. The molecule has 6 nitrogen and oxygen atoms in total. The third-order valence-corrected chi connectivity index (χ3v) is 6.13. The standard InChI is InChI=1S/C21H23NO5.ClH/c1-22-6-5-12-17-14(22)7-11-8-15(23-2)16(24-3)9-13(11)18(17)20-21(19(12)25-4)27-10-26-20;/h8-9,14H,5-7,10H2,1-4H3;1H. The Morgan fingerprint density at radius 2 is 1.71 bits per heavy atom. The molecule has 150 valence electrons. The molecule has 0 aromatic heterocycles. The average Bonchev–Trinajstić information content (AvgIpc) is 3.18. The maximum absolute atomic E-state index is 5.95. The van der Waals surface area contributed by atoms with Crippen molar-refractivity contribution < 1.29 is 41.0 Å². The van der Waals surface area contributed by atoms with E-state index < -0.39 is 0 Å². The van der Waals surface area contributed by atoms with Gasteiger partial charge in [-0.05, 0) is 23.3 Å². The van der Waals surface area contributed by atoms with Gasteiger partial charge in [0.2, 0.25) is 12.5 Å². The van der Waals surface area contributed by atoms with Crippen LogP contribution in [0.2, 0.25) is 0 Å². The first-order valence-electron chi connectivity index (χ1n) is 9.27. The molecule has 5 rings (SSSR count). The third kappa shape index (κ3) is 2.44. The molecule has 28 heavy (non-hydrogen) atoms. The first kappa shape index (κ1) is 19.0. The molecular formula is C21H24ClNO5. The average molecular weight is 406 g/mol. The number of ether oxygens (including phenoxy) is 5. The summed E-state index contributed by atoms with van der Waals surface area (Å²) < 4.78 is 28.7. The van der Waals surface area contributed by atoms with Crippen molar-refractivity contribution in [2.45, 2.75) is 18.9 Å². The molecule has 1 N–H and O–H groups in total. The van der Waals surface area contributed by atoms with Crippen molar-refractivity contribution in [3.63, 3.8) is 0 Å². The van der Waals surface area contributed by atoms with Gasteiger partial charge in [-0.1, -0.05) is 0 Å². The van der Waals surface area contributed by atoms with E-state index in [1.807, 2.05) is 0 Å². The second kappa shape index (κ2) is 6.94. The quantitative estimate of drug-likeness (QED) is 0.694. The number of quaternary nitrogens is 1. The number of methoxy groups -OCH3 is 3. The predicted molar refractivity (Wildman–Crippen MR) is 99.6 cm³/mol. The Labute approximate surface area is 170 Å². The van der Waals surface area contributed by atoms with E-state index in [0.29, 0.717) is 6.04 Å². The maximum atomic E-state index is 5.95. The highest BCUT2D eigenvalue weighted by Gasteiger charge is 2.43. The molecule has 3 aliphatic rings. The van der Waals surface area contributed by atoms with Crippen LogP contribution in [0, 0.1) is 0 Å². The molecule has 7 heteroatoms. The normalized spacial score (nSPS) is 20.6. The summed E-state index contributed by atoms with van der Waals surface area (Å²) in [4.78, 5) is 1.50. The van der Waals surface area contributed by atoms with E-state index in [-0.39, 0.29) is 19.2 Å². The zero-order valence-electron chi connectivity index (χ0n) is 16.5. The highest BCUT2D eigenvalue weighted by atomic mass is 35.5. The Hall–Kier alpha value is -2.31. The number of likely N-dealkylation sites (N-methyl/N-ethyl adjacent to an activating group) is 1. The van der Waals surface area contributed by atoms with E-state index in [0.717, 1.165) is 59.3 Å². The smallest absolute Gasteiger partial charge is 0.231 e. The number of fused-ring (bicyclic) bond motifs is 4. The summed E-state index contributed by atoms with van der Waals surface area (Å²) in [5.74, 6) is 3.84. The van der Waals surface area contributed by atoms with Crippen LogP contribution in [-0.4, -0.2) is 41.7 Å². The van der Waals surface area contributed by atoms with Crippen molar-refractivity contribution >= 4 is 0 Å². The lowest BCUT2D eigenvalue weighted by atomic mass is 9.76. The molecule has 2 unspecified atom stereocenters. The molecule has 2 aliphatic heterocycles. The molecule has 0 saturated heterocycles. The largest absolute Gasteiger partial charge is 1.00 e. The number of hydrogen-bond donors (Lipinski definition) is 1. The van der Waals surface area contributed by atoms with Crippen LogP contribution in [0.4, 0.5) is 0 Å². The lowest BCUT2D eigenvalue weighted by molar-refractivity contribution is -0.914. The molecule has 0 fully saturated rings. The van der Waals surface area contributed by atoms with Gasteiger partial charge in [0.25, 0.3) is 0 Å². The van der Waals surface area contributed by atoms with Gasteiger partial charge < -0.3 is 41.0 Å². The first-order valence-corrected chi connectivity index (χ1v) is 9.27. The first-order chi connectivity index (χ1) is 13.2. The summed E-state index contributed by atoms with van der Waals surface area (Å²) >= 11 is 0. The fourth-order valence-corrected chi connectivity index (χ4v) is 4.84. The molecule has 2 heterocycles. The molecule has 2 aromatic rings. The monoisotopic (exact) mass is 405 g/mol. The van der Waals surface area contributed by atoms with Crippen LogP contribution < -0.4 is 41.0 Å². The van der Waals surface area contributed by atoms with Gasteiger partial charge in [-0.15, -0.1) is 0 Å².